The Morgan fingerprint density at radius 2 is 1.72 bits per heavy atom. The van der Waals surface area contributed by atoms with Gasteiger partial charge in [-0.1, -0.05) is 23.7 Å². The third kappa shape index (κ3) is 3.42. The molecular weight excluding hydrogens is 428 g/mol. The van der Waals surface area contributed by atoms with E-state index < -0.39 is 5.69 Å². The van der Waals surface area contributed by atoms with Crippen molar-refractivity contribution in [2.45, 2.75) is 6.54 Å². The monoisotopic (exact) mass is 444 g/mol. The van der Waals surface area contributed by atoms with Crippen LogP contribution in [0.15, 0.2) is 77.6 Å². The first-order chi connectivity index (χ1) is 15.5. The summed E-state index contributed by atoms with van der Waals surface area (Å²) in [5, 5.41) is 5.71. The van der Waals surface area contributed by atoms with Crippen LogP contribution < -0.4 is 10.4 Å². The topological polar surface area (TPSA) is 78.5 Å². The molecule has 3 aromatic carbocycles. The Morgan fingerprint density at radius 3 is 2.44 bits per heavy atom. The van der Waals surface area contributed by atoms with E-state index in [0.717, 1.165) is 10.9 Å². The molecule has 2 aromatic heterocycles. The smallest absolute Gasteiger partial charge is 0.351 e. The fourth-order valence-electron chi connectivity index (χ4n) is 3.62. The van der Waals surface area contributed by atoms with Gasteiger partial charge in [0, 0.05) is 21.5 Å². The predicted octanol–water partition coefficient (Wildman–Crippen LogP) is 4.26. The minimum absolute atomic E-state index is 0.130. The summed E-state index contributed by atoms with van der Waals surface area (Å²) in [5.41, 5.74) is 1.84. The summed E-state index contributed by atoms with van der Waals surface area (Å²) in [5.74, 6) is 0.923. The molecule has 32 heavy (non-hydrogen) atoms. The quantitative estimate of drug-likeness (QED) is 0.378. The van der Waals surface area contributed by atoms with Crippen molar-refractivity contribution in [1.82, 2.24) is 19.2 Å². The molecule has 0 aliphatic rings. The molecule has 2 heterocycles. The van der Waals surface area contributed by atoms with Crippen molar-refractivity contribution in [3.8, 4) is 17.1 Å². The molecule has 0 saturated carbocycles. The van der Waals surface area contributed by atoms with Gasteiger partial charge in [0.05, 0.1) is 19.2 Å². The third-order valence-electron chi connectivity index (χ3n) is 5.27. The van der Waals surface area contributed by atoms with E-state index in [9.17, 15) is 9.59 Å². The van der Waals surface area contributed by atoms with Gasteiger partial charge in [-0.3, -0.25) is 9.36 Å². The second-order valence-electron chi connectivity index (χ2n) is 7.22. The maximum atomic E-state index is 13.3. The molecule has 0 atom stereocenters. The zero-order valence-corrected chi connectivity index (χ0v) is 17.8. The van der Waals surface area contributed by atoms with Gasteiger partial charge in [-0.2, -0.15) is 4.52 Å². The van der Waals surface area contributed by atoms with Crippen LogP contribution in [-0.2, 0) is 6.54 Å². The largest absolute Gasteiger partial charge is 0.497 e. The van der Waals surface area contributed by atoms with E-state index in [4.69, 9.17) is 16.3 Å². The highest BCUT2D eigenvalue weighted by Gasteiger charge is 2.18. The van der Waals surface area contributed by atoms with Gasteiger partial charge >= 0.3 is 5.69 Å². The van der Waals surface area contributed by atoms with Gasteiger partial charge < -0.3 is 4.74 Å². The molecule has 0 N–H and O–H groups in total. The van der Waals surface area contributed by atoms with E-state index in [1.807, 2.05) is 42.5 Å². The van der Waals surface area contributed by atoms with Crippen molar-refractivity contribution in [3.63, 3.8) is 0 Å². The molecule has 0 aliphatic heterocycles. The molecule has 0 amide bonds. The van der Waals surface area contributed by atoms with Crippen LogP contribution in [0.25, 0.3) is 27.9 Å². The molecule has 7 nitrogen and oxygen atoms in total. The van der Waals surface area contributed by atoms with Gasteiger partial charge in [-0.05, 0) is 60.7 Å². The lowest BCUT2D eigenvalue weighted by Crippen LogP contribution is -2.30. The Morgan fingerprint density at radius 1 is 1.00 bits per heavy atom. The number of aromatic nitrogens is 4. The molecule has 158 valence electrons. The number of carbonyl (C=O) groups is 1. The number of nitrogens with zero attached hydrogens (tertiary/aromatic N) is 4. The number of hydrogen-bond acceptors (Lipinski definition) is 5. The number of ether oxygens (including phenoxy) is 1. The zero-order chi connectivity index (χ0) is 22.2. The van der Waals surface area contributed by atoms with Crippen LogP contribution in [0.2, 0.25) is 5.02 Å². The maximum absolute atomic E-state index is 13.3. The SMILES string of the molecule is COc1ccc(-c2nc3c4ccccc4n(CC(=O)c4ccc(Cl)cc4)c(=O)n3n2)cc1. The second kappa shape index (κ2) is 7.94. The molecule has 0 radical (unpaired) electrons. The standard InChI is InChI=1S/C24H17ClN4O3/c1-32-18-12-8-16(9-13-18)22-26-23-19-4-2-3-5-20(19)28(24(31)29(23)27-22)14-21(30)15-6-10-17(25)11-7-15/h2-13H,14H2,1H3. The zero-order valence-electron chi connectivity index (χ0n) is 17.0. The summed E-state index contributed by atoms with van der Waals surface area (Å²) in [4.78, 5) is 30.8. The van der Waals surface area contributed by atoms with Crippen LogP contribution in [0.1, 0.15) is 10.4 Å². The van der Waals surface area contributed by atoms with E-state index in [1.165, 1.54) is 9.08 Å². The molecule has 0 aliphatic carbocycles. The fourth-order valence-corrected chi connectivity index (χ4v) is 3.75. The second-order valence-corrected chi connectivity index (χ2v) is 7.65. The van der Waals surface area contributed by atoms with Crippen LogP contribution in [-0.4, -0.2) is 32.1 Å². The van der Waals surface area contributed by atoms with Crippen LogP contribution in [0.3, 0.4) is 0 Å². The lowest BCUT2D eigenvalue weighted by Gasteiger charge is -2.10. The number of rotatable bonds is 5. The molecule has 0 spiro atoms. The Balaban J connectivity index is 1.66. The van der Waals surface area contributed by atoms with Crippen molar-refractivity contribution in [1.29, 1.82) is 0 Å². The molecule has 5 aromatic rings. The molecule has 5 rings (SSSR count). The number of methoxy groups -OCH3 is 1. The summed E-state index contributed by atoms with van der Waals surface area (Å²) in [6.07, 6.45) is 0. The van der Waals surface area contributed by atoms with E-state index in [2.05, 4.69) is 10.1 Å². The van der Waals surface area contributed by atoms with Gasteiger partial charge in [-0.15, -0.1) is 5.10 Å². The summed E-state index contributed by atoms with van der Waals surface area (Å²) < 4.78 is 7.87. The Hall–Kier alpha value is -3.97. The molecule has 0 bridgehead atoms. The molecule has 0 fully saturated rings. The number of ketones is 1. The minimum Gasteiger partial charge on any atom is -0.497 e. The normalized spacial score (nSPS) is 11.2. The van der Waals surface area contributed by atoms with Crippen LogP contribution in [0, 0.1) is 0 Å². The Kier molecular flexibility index (Phi) is 4.95. The Labute approximate surface area is 187 Å². The summed E-state index contributed by atoms with van der Waals surface area (Å²) >= 11 is 5.92. The summed E-state index contributed by atoms with van der Waals surface area (Å²) in [6, 6.07) is 21.2. The van der Waals surface area contributed by atoms with Crippen molar-refractivity contribution in [2.24, 2.45) is 0 Å². The molecule has 0 saturated heterocycles. The predicted molar refractivity (Wildman–Crippen MR) is 123 cm³/mol. The minimum atomic E-state index is -0.437. The highest BCUT2D eigenvalue weighted by molar-refractivity contribution is 6.30. The first-order valence-electron chi connectivity index (χ1n) is 9.86. The number of Topliss-reactive ketones (excluding diaryl/α,β-unsaturated/α-hetero) is 1. The maximum Gasteiger partial charge on any atom is 0.351 e. The first kappa shape index (κ1) is 20.0. The van der Waals surface area contributed by atoms with Gasteiger partial charge in [0.1, 0.15) is 5.75 Å². The average molecular weight is 445 g/mol. The summed E-state index contributed by atoms with van der Waals surface area (Å²) in [6.45, 7) is -0.130. The molecule has 8 heteroatoms. The Bertz CT molecular complexity index is 1520. The average Bonchev–Trinajstić information content (AvgIpc) is 3.28. The van der Waals surface area contributed by atoms with Crippen molar-refractivity contribution >= 4 is 33.9 Å². The van der Waals surface area contributed by atoms with Gasteiger partial charge in [0.2, 0.25) is 0 Å². The highest BCUT2D eigenvalue weighted by atomic mass is 35.5. The van der Waals surface area contributed by atoms with Crippen LogP contribution in [0.5, 0.6) is 5.75 Å². The number of carbonyl (C=O) groups excluding carboxylic acids is 1. The van der Waals surface area contributed by atoms with Gasteiger partial charge in [0.25, 0.3) is 0 Å². The highest BCUT2D eigenvalue weighted by Crippen LogP contribution is 2.23. The summed E-state index contributed by atoms with van der Waals surface area (Å²) in [7, 11) is 1.60. The number of halogens is 1. The number of hydrogen-bond donors (Lipinski definition) is 0. The van der Waals surface area contributed by atoms with Crippen LogP contribution in [0.4, 0.5) is 0 Å². The lowest BCUT2D eigenvalue weighted by atomic mass is 10.1. The third-order valence-corrected chi connectivity index (χ3v) is 5.52. The number of para-hydroxylation sites is 1. The van der Waals surface area contributed by atoms with Crippen molar-refractivity contribution < 1.29 is 9.53 Å². The lowest BCUT2D eigenvalue weighted by molar-refractivity contribution is 0.0971. The van der Waals surface area contributed by atoms with E-state index in [0.29, 0.717) is 33.3 Å². The van der Waals surface area contributed by atoms with E-state index in [-0.39, 0.29) is 12.3 Å². The van der Waals surface area contributed by atoms with Crippen molar-refractivity contribution in [2.75, 3.05) is 7.11 Å². The van der Waals surface area contributed by atoms with E-state index in [1.54, 1.807) is 37.4 Å². The van der Waals surface area contributed by atoms with Gasteiger partial charge in [-0.25, -0.2) is 9.78 Å². The fraction of sp³-hybridized carbons (Fsp3) is 0.0833. The molecule has 0 unspecified atom stereocenters. The number of fused-ring (bicyclic) bond motifs is 3. The number of benzene rings is 3. The van der Waals surface area contributed by atoms with E-state index >= 15 is 0 Å². The van der Waals surface area contributed by atoms with Gasteiger partial charge in [0.15, 0.2) is 17.3 Å². The first-order valence-corrected chi connectivity index (χ1v) is 10.2. The molecular formula is C24H17ClN4O3. The van der Waals surface area contributed by atoms with Crippen LogP contribution >= 0.6 is 11.6 Å². The van der Waals surface area contributed by atoms with Crippen molar-refractivity contribution in [3.05, 3.63) is 93.9 Å².